The van der Waals surface area contributed by atoms with Gasteiger partial charge in [0.05, 0.1) is 35.6 Å². The highest BCUT2D eigenvalue weighted by Gasteiger charge is 2.06. The molecule has 0 bridgehead atoms. The van der Waals surface area contributed by atoms with Crippen molar-refractivity contribution < 1.29 is 5.11 Å². The molecule has 2 aromatic heterocycles. The maximum absolute atomic E-state index is 9.00. The number of aromatic nitrogens is 2. The van der Waals surface area contributed by atoms with E-state index in [9.17, 15) is 0 Å². The highest BCUT2D eigenvalue weighted by Crippen LogP contribution is 2.23. The Morgan fingerprint density at radius 1 is 1.41 bits per heavy atom. The van der Waals surface area contributed by atoms with E-state index in [1.807, 2.05) is 24.1 Å². The molecule has 0 amide bonds. The molecule has 0 radical (unpaired) electrons. The van der Waals surface area contributed by atoms with Gasteiger partial charge in [-0.25, -0.2) is 4.98 Å². The molecule has 0 fully saturated rings. The standard InChI is InChI=1S/C11H12ClN3OS/c1-15(6-9-2-3-10(12)17-9)11-5-13-4-8(7-16)14-11/h2-5,16H,6-7H2,1H3. The van der Waals surface area contributed by atoms with Crippen molar-refractivity contribution in [2.45, 2.75) is 13.2 Å². The van der Waals surface area contributed by atoms with E-state index < -0.39 is 0 Å². The summed E-state index contributed by atoms with van der Waals surface area (Å²) >= 11 is 7.42. The molecule has 0 aliphatic heterocycles. The first-order valence-electron chi connectivity index (χ1n) is 5.06. The summed E-state index contributed by atoms with van der Waals surface area (Å²) in [6, 6.07) is 3.87. The van der Waals surface area contributed by atoms with Crippen LogP contribution < -0.4 is 4.90 Å². The van der Waals surface area contributed by atoms with Crippen LogP contribution in [0.3, 0.4) is 0 Å². The third-order valence-electron chi connectivity index (χ3n) is 2.25. The molecule has 1 N–H and O–H groups in total. The van der Waals surface area contributed by atoms with Crippen molar-refractivity contribution in [3.63, 3.8) is 0 Å². The molecule has 0 unspecified atom stereocenters. The van der Waals surface area contributed by atoms with E-state index in [4.69, 9.17) is 16.7 Å². The monoisotopic (exact) mass is 269 g/mol. The number of aliphatic hydroxyl groups is 1. The van der Waals surface area contributed by atoms with Gasteiger partial charge in [-0.05, 0) is 12.1 Å². The zero-order chi connectivity index (χ0) is 12.3. The SMILES string of the molecule is CN(Cc1ccc(Cl)s1)c1cncc(CO)n1. The molecule has 0 aliphatic rings. The van der Waals surface area contributed by atoms with Gasteiger partial charge in [0.25, 0.3) is 0 Å². The van der Waals surface area contributed by atoms with Gasteiger partial charge in [0, 0.05) is 11.9 Å². The first-order chi connectivity index (χ1) is 8.19. The Morgan fingerprint density at radius 2 is 2.24 bits per heavy atom. The third-order valence-corrected chi connectivity index (χ3v) is 3.46. The predicted octanol–water partition coefficient (Wildman–Crippen LogP) is 2.32. The Balaban J connectivity index is 2.11. The van der Waals surface area contributed by atoms with Crippen molar-refractivity contribution in [3.05, 3.63) is 39.4 Å². The lowest BCUT2D eigenvalue weighted by atomic mass is 10.4. The molecule has 0 spiro atoms. The van der Waals surface area contributed by atoms with Gasteiger partial charge in [0.2, 0.25) is 0 Å². The molecule has 0 saturated carbocycles. The predicted molar refractivity (Wildman–Crippen MR) is 69.4 cm³/mol. The van der Waals surface area contributed by atoms with E-state index in [1.165, 1.54) is 0 Å². The Kier molecular flexibility index (Phi) is 3.93. The minimum absolute atomic E-state index is 0.0977. The van der Waals surface area contributed by atoms with Gasteiger partial charge in [-0.3, -0.25) is 4.98 Å². The fraction of sp³-hybridized carbons (Fsp3) is 0.273. The molecule has 0 atom stereocenters. The van der Waals surface area contributed by atoms with E-state index in [1.54, 1.807) is 23.7 Å². The summed E-state index contributed by atoms with van der Waals surface area (Å²) in [7, 11) is 1.93. The second-order valence-electron chi connectivity index (χ2n) is 3.59. The molecular weight excluding hydrogens is 258 g/mol. The second-order valence-corrected chi connectivity index (χ2v) is 5.39. The minimum Gasteiger partial charge on any atom is -0.390 e. The van der Waals surface area contributed by atoms with Crippen molar-refractivity contribution in [2.75, 3.05) is 11.9 Å². The molecule has 17 heavy (non-hydrogen) atoms. The van der Waals surface area contributed by atoms with E-state index in [2.05, 4.69) is 9.97 Å². The van der Waals surface area contributed by atoms with Crippen molar-refractivity contribution in [1.29, 1.82) is 0 Å². The van der Waals surface area contributed by atoms with Crippen LogP contribution in [0.15, 0.2) is 24.5 Å². The smallest absolute Gasteiger partial charge is 0.147 e. The lowest BCUT2D eigenvalue weighted by Crippen LogP contribution is -2.17. The van der Waals surface area contributed by atoms with Gasteiger partial charge in [-0.1, -0.05) is 11.6 Å². The number of halogens is 1. The lowest BCUT2D eigenvalue weighted by molar-refractivity contribution is 0.276. The van der Waals surface area contributed by atoms with Gasteiger partial charge >= 0.3 is 0 Å². The van der Waals surface area contributed by atoms with Crippen LogP contribution >= 0.6 is 22.9 Å². The lowest BCUT2D eigenvalue weighted by Gasteiger charge is -2.17. The molecule has 4 nitrogen and oxygen atoms in total. The number of thiophene rings is 1. The Labute approximate surface area is 109 Å². The maximum Gasteiger partial charge on any atom is 0.147 e. The summed E-state index contributed by atoms with van der Waals surface area (Å²) < 4.78 is 0.781. The van der Waals surface area contributed by atoms with Crippen LogP contribution in [0.2, 0.25) is 4.34 Å². The van der Waals surface area contributed by atoms with Crippen molar-refractivity contribution in [1.82, 2.24) is 9.97 Å². The van der Waals surface area contributed by atoms with Crippen LogP contribution in [0, 0.1) is 0 Å². The number of hydrogen-bond donors (Lipinski definition) is 1. The van der Waals surface area contributed by atoms with E-state index in [0.29, 0.717) is 5.69 Å². The van der Waals surface area contributed by atoms with Crippen LogP contribution in [-0.4, -0.2) is 22.1 Å². The first-order valence-corrected chi connectivity index (χ1v) is 6.25. The third kappa shape index (κ3) is 3.15. The zero-order valence-electron chi connectivity index (χ0n) is 9.30. The summed E-state index contributed by atoms with van der Waals surface area (Å²) in [5, 5.41) is 9.00. The largest absolute Gasteiger partial charge is 0.390 e. The number of rotatable bonds is 4. The molecule has 2 heterocycles. The van der Waals surface area contributed by atoms with Crippen LogP contribution in [0.4, 0.5) is 5.82 Å². The zero-order valence-corrected chi connectivity index (χ0v) is 10.9. The average Bonchev–Trinajstić information content (AvgIpc) is 2.75. The van der Waals surface area contributed by atoms with Gasteiger partial charge in [-0.2, -0.15) is 0 Å². The van der Waals surface area contributed by atoms with E-state index >= 15 is 0 Å². The molecular formula is C11H12ClN3OS. The Hall–Kier alpha value is -1.17. The molecule has 6 heteroatoms. The van der Waals surface area contributed by atoms with E-state index in [-0.39, 0.29) is 6.61 Å². The molecule has 90 valence electrons. The van der Waals surface area contributed by atoms with Gasteiger partial charge in [0.1, 0.15) is 5.82 Å². The van der Waals surface area contributed by atoms with Gasteiger partial charge < -0.3 is 10.0 Å². The summed E-state index contributed by atoms with van der Waals surface area (Å²) in [5.74, 6) is 0.737. The molecule has 2 aromatic rings. The number of hydrogen-bond acceptors (Lipinski definition) is 5. The van der Waals surface area contributed by atoms with Crippen LogP contribution in [0.5, 0.6) is 0 Å². The van der Waals surface area contributed by atoms with E-state index in [0.717, 1.165) is 21.6 Å². The summed E-state index contributed by atoms with van der Waals surface area (Å²) in [4.78, 5) is 11.4. The topological polar surface area (TPSA) is 49.2 Å². The second kappa shape index (κ2) is 5.44. The van der Waals surface area contributed by atoms with Crippen molar-refractivity contribution in [3.8, 4) is 0 Å². The van der Waals surface area contributed by atoms with Crippen LogP contribution in [0.1, 0.15) is 10.6 Å². The summed E-state index contributed by atoms with van der Waals surface area (Å²) in [6.07, 6.45) is 3.23. The van der Waals surface area contributed by atoms with Gasteiger partial charge in [0.15, 0.2) is 0 Å². The molecule has 2 rings (SSSR count). The highest BCUT2D eigenvalue weighted by molar-refractivity contribution is 7.16. The van der Waals surface area contributed by atoms with Crippen LogP contribution in [0.25, 0.3) is 0 Å². The molecule has 0 aliphatic carbocycles. The maximum atomic E-state index is 9.00. The molecule has 0 saturated heterocycles. The Bertz CT molecular complexity index is 503. The number of anilines is 1. The normalized spacial score (nSPS) is 10.5. The highest BCUT2D eigenvalue weighted by atomic mass is 35.5. The van der Waals surface area contributed by atoms with Crippen LogP contribution in [-0.2, 0) is 13.2 Å². The minimum atomic E-state index is -0.0977. The van der Waals surface area contributed by atoms with Crippen molar-refractivity contribution in [2.24, 2.45) is 0 Å². The Morgan fingerprint density at radius 3 is 2.88 bits per heavy atom. The fourth-order valence-corrected chi connectivity index (χ4v) is 2.55. The fourth-order valence-electron chi connectivity index (χ4n) is 1.41. The number of aliphatic hydroxyl groups excluding tert-OH is 1. The first kappa shape index (κ1) is 12.3. The quantitative estimate of drug-likeness (QED) is 0.925. The molecule has 0 aromatic carbocycles. The number of nitrogens with zero attached hydrogens (tertiary/aromatic N) is 3. The van der Waals surface area contributed by atoms with Crippen molar-refractivity contribution >= 4 is 28.8 Å². The van der Waals surface area contributed by atoms with Gasteiger partial charge in [-0.15, -0.1) is 11.3 Å². The summed E-state index contributed by atoms with van der Waals surface area (Å²) in [5.41, 5.74) is 0.568. The summed E-state index contributed by atoms with van der Waals surface area (Å²) in [6.45, 7) is 0.625. The average molecular weight is 270 g/mol.